The van der Waals surface area contributed by atoms with E-state index < -0.39 is 0 Å². The van der Waals surface area contributed by atoms with Crippen LogP contribution in [-0.4, -0.2) is 15.9 Å². The molecule has 1 N–H and O–H groups in total. The highest BCUT2D eigenvalue weighted by molar-refractivity contribution is 5.94. The van der Waals surface area contributed by atoms with Gasteiger partial charge in [-0.3, -0.25) is 4.79 Å². The Kier molecular flexibility index (Phi) is 3.56. The summed E-state index contributed by atoms with van der Waals surface area (Å²) < 4.78 is 5.62. The topological polar surface area (TPSA) is 64.1 Å². The predicted octanol–water partition coefficient (Wildman–Crippen LogP) is 3.23. The fraction of sp³-hybridized carbons (Fsp3) is 0.312. The zero-order valence-electron chi connectivity index (χ0n) is 12.1. The first-order valence-corrected chi connectivity index (χ1v) is 7.02. The number of carbonyl (C=O) groups is 1. The molecule has 3 rings (SSSR count). The minimum Gasteiger partial charge on any atom is -0.424 e. The molecule has 1 saturated carbocycles. The van der Waals surface area contributed by atoms with E-state index in [1.54, 1.807) is 0 Å². The van der Waals surface area contributed by atoms with E-state index >= 15 is 0 Å². The Bertz CT molecular complexity index is 643. The third-order valence-electron chi connectivity index (χ3n) is 3.40. The molecule has 0 saturated heterocycles. The second-order valence-corrected chi connectivity index (χ2v) is 5.23. The van der Waals surface area contributed by atoms with Gasteiger partial charge in [0.25, 0.3) is 0 Å². The van der Waals surface area contributed by atoms with Crippen molar-refractivity contribution in [3.05, 3.63) is 41.7 Å². The molecule has 21 heavy (non-hydrogen) atoms. The molecular weight excluding hydrogens is 266 g/mol. The summed E-state index contributed by atoms with van der Waals surface area (Å²) >= 11 is 0. The zero-order chi connectivity index (χ0) is 14.8. The molecule has 0 spiro atoms. The van der Waals surface area contributed by atoms with Crippen molar-refractivity contribution in [2.75, 3.05) is 5.32 Å². The van der Waals surface area contributed by atoms with Crippen molar-refractivity contribution in [2.45, 2.75) is 26.7 Å². The van der Waals surface area contributed by atoms with E-state index in [1.807, 2.05) is 44.2 Å². The molecular formula is C16H17N3O2. The highest BCUT2D eigenvalue weighted by Crippen LogP contribution is 2.31. The summed E-state index contributed by atoms with van der Waals surface area (Å²) in [6.45, 7) is 3.68. The molecule has 108 valence electrons. The number of aromatic nitrogens is 2. The Morgan fingerprint density at radius 3 is 2.33 bits per heavy atom. The highest BCUT2D eigenvalue weighted by atomic mass is 16.5. The van der Waals surface area contributed by atoms with Crippen LogP contribution in [0, 0.1) is 19.8 Å². The number of nitrogens with zero attached hydrogens (tertiary/aromatic N) is 2. The number of carbonyl (C=O) groups excluding carboxylic acids is 1. The second kappa shape index (κ2) is 5.52. The summed E-state index contributed by atoms with van der Waals surface area (Å²) in [5.41, 5.74) is 2.11. The van der Waals surface area contributed by atoms with Crippen LogP contribution >= 0.6 is 0 Å². The Hall–Kier alpha value is -2.43. The molecule has 0 radical (unpaired) electrons. The third kappa shape index (κ3) is 3.18. The van der Waals surface area contributed by atoms with Crippen LogP contribution < -0.4 is 10.1 Å². The number of para-hydroxylation sites is 1. The first kappa shape index (κ1) is 13.5. The van der Waals surface area contributed by atoms with Crippen molar-refractivity contribution in [1.29, 1.82) is 0 Å². The van der Waals surface area contributed by atoms with Crippen molar-refractivity contribution >= 4 is 11.6 Å². The van der Waals surface area contributed by atoms with E-state index in [0.29, 0.717) is 28.8 Å². The zero-order valence-corrected chi connectivity index (χ0v) is 12.1. The van der Waals surface area contributed by atoms with Crippen LogP contribution in [0.2, 0.25) is 0 Å². The number of hydrogen-bond donors (Lipinski definition) is 1. The lowest BCUT2D eigenvalue weighted by Crippen LogP contribution is -2.16. The summed E-state index contributed by atoms with van der Waals surface area (Å²) in [5.74, 6) is 0.900. The van der Waals surface area contributed by atoms with E-state index in [0.717, 1.165) is 12.8 Å². The van der Waals surface area contributed by atoms with Crippen LogP contribution in [0.25, 0.3) is 0 Å². The van der Waals surface area contributed by atoms with E-state index in [1.165, 1.54) is 0 Å². The Balaban J connectivity index is 1.80. The highest BCUT2D eigenvalue weighted by Gasteiger charge is 2.30. The van der Waals surface area contributed by atoms with Crippen molar-refractivity contribution in [3.8, 4) is 11.8 Å². The lowest BCUT2D eigenvalue weighted by molar-refractivity contribution is -0.117. The fourth-order valence-corrected chi connectivity index (χ4v) is 2.08. The quantitative estimate of drug-likeness (QED) is 0.935. The average molecular weight is 283 g/mol. The van der Waals surface area contributed by atoms with Gasteiger partial charge in [0.1, 0.15) is 5.75 Å². The van der Waals surface area contributed by atoms with Crippen LogP contribution in [-0.2, 0) is 4.79 Å². The minimum absolute atomic E-state index is 0.0570. The maximum Gasteiger partial charge on any atom is 0.322 e. The maximum absolute atomic E-state index is 11.9. The van der Waals surface area contributed by atoms with Gasteiger partial charge in [-0.1, -0.05) is 18.2 Å². The molecule has 2 aromatic rings. The van der Waals surface area contributed by atoms with Gasteiger partial charge in [0.15, 0.2) is 0 Å². The monoisotopic (exact) mass is 283 g/mol. The molecule has 0 bridgehead atoms. The van der Waals surface area contributed by atoms with Gasteiger partial charge in [-0.25, -0.2) is 0 Å². The van der Waals surface area contributed by atoms with Gasteiger partial charge >= 0.3 is 6.01 Å². The van der Waals surface area contributed by atoms with Crippen molar-refractivity contribution < 1.29 is 9.53 Å². The fourth-order valence-electron chi connectivity index (χ4n) is 2.08. The van der Waals surface area contributed by atoms with Gasteiger partial charge in [0.05, 0.1) is 17.1 Å². The van der Waals surface area contributed by atoms with E-state index in [4.69, 9.17) is 4.74 Å². The molecule has 0 aliphatic heterocycles. The number of amides is 1. The number of nitrogens with one attached hydrogen (secondary N) is 1. The first-order chi connectivity index (χ1) is 10.1. The van der Waals surface area contributed by atoms with Gasteiger partial charge < -0.3 is 10.1 Å². The van der Waals surface area contributed by atoms with Crippen LogP contribution in [0.5, 0.6) is 11.8 Å². The van der Waals surface area contributed by atoms with Crippen LogP contribution in [0.4, 0.5) is 5.69 Å². The van der Waals surface area contributed by atoms with Crippen molar-refractivity contribution in [1.82, 2.24) is 9.97 Å². The largest absolute Gasteiger partial charge is 0.424 e. The van der Waals surface area contributed by atoms with Crippen LogP contribution in [0.1, 0.15) is 24.2 Å². The molecule has 5 heteroatoms. The smallest absolute Gasteiger partial charge is 0.322 e. The van der Waals surface area contributed by atoms with E-state index in [-0.39, 0.29) is 11.8 Å². The second-order valence-electron chi connectivity index (χ2n) is 5.23. The standard InChI is InChI=1S/C16H17N3O2/c1-10-14(19-15(20)12-8-9-12)11(2)18-16(17-10)21-13-6-4-3-5-7-13/h3-7,12H,8-9H2,1-2H3,(H,19,20). The lowest BCUT2D eigenvalue weighted by Gasteiger charge is -2.12. The van der Waals surface area contributed by atoms with Crippen LogP contribution in [0.15, 0.2) is 30.3 Å². The number of hydrogen-bond acceptors (Lipinski definition) is 4. The number of ether oxygens (including phenoxy) is 1. The molecule has 1 heterocycles. The molecule has 1 fully saturated rings. The Morgan fingerprint density at radius 1 is 1.14 bits per heavy atom. The summed E-state index contributed by atoms with van der Waals surface area (Å²) in [6, 6.07) is 9.67. The Labute approximate surface area is 123 Å². The minimum atomic E-state index is 0.0570. The van der Waals surface area contributed by atoms with Crippen LogP contribution in [0.3, 0.4) is 0 Å². The number of benzene rings is 1. The summed E-state index contributed by atoms with van der Waals surface area (Å²) in [5, 5.41) is 2.91. The summed E-state index contributed by atoms with van der Waals surface area (Å²) in [6.07, 6.45) is 1.94. The van der Waals surface area contributed by atoms with E-state index in [2.05, 4.69) is 15.3 Å². The molecule has 1 amide bonds. The number of aryl methyl sites for hydroxylation is 2. The Morgan fingerprint density at radius 2 is 1.76 bits per heavy atom. The molecule has 0 unspecified atom stereocenters. The third-order valence-corrected chi connectivity index (χ3v) is 3.40. The number of rotatable bonds is 4. The van der Waals surface area contributed by atoms with Gasteiger partial charge in [-0.15, -0.1) is 0 Å². The number of anilines is 1. The summed E-state index contributed by atoms with van der Waals surface area (Å²) in [7, 11) is 0. The lowest BCUT2D eigenvalue weighted by atomic mass is 10.2. The maximum atomic E-state index is 11.9. The SMILES string of the molecule is Cc1nc(Oc2ccccc2)nc(C)c1NC(=O)C1CC1. The van der Waals surface area contributed by atoms with Gasteiger partial charge in [-0.05, 0) is 38.8 Å². The molecule has 0 atom stereocenters. The van der Waals surface area contributed by atoms with Crippen molar-refractivity contribution in [3.63, 3.8) is 0 Å². The molecule has 1 aliphatic rings. The normalized spacial score (nSPS) is 13.8. The van der Waals surface area contributed by atoms with Gasteiger partial charge in [-0.2, -0.15) is 9.97 Å². The molecule has 5 nitrogen and oxygen atoms in total. The predicted molar refractivity (Wildman–Crippen MR) is 79.4 cm³/mol. The summed E-state index contributed by atoms with van der Waals surface area (Å²) in [4.78, 5) is 20.5. The van der Waals surface area contributed by atoms with Gasteiger partial charge in [0, 0.05) is 5.92 Å². The van der Waals surface area contributed by atoms with Gasteiger partial charge in [0.2, 0.25) is 5.91 Å². The molecule has 1 aromatic heterocycles. The molecule has 1 aromatic carbocycles. The first-order valence-electron chi connectivity index (χ1n) is 7.02. The average Bonchev–Trinajstić information content (AvgIpc) is 3.28. The van der Waals surface area contributed by atoms with Crippen molar-refractivity contribution in [2.24, 2.45) is 5.92 Å². The van der Waals surface area contributed by atoms with E-state index in [9.17, 15) is 4.79 Å². The molecule has 1 aliphatic carbocycles.